The zero-order valence-electron chi connectivity index (χ0n) is 2.46. The van der Waals surface area contributed by atoms with Crippen molar-refractivity contribution in [3.8, 4) is 0 Å². The Hall–Kier alpha value is 1.63. The number of hydrogen-bond donors (Lipinski definition) is 0. The third-order valence-electron chi connectivity index (χ3n) is 0. The zero-order valence-corrected chi connectivity index (χ0v) is 7.75. The molecule has 0 N–H and O–H groups in total. The van der Waals surface area contributed by atoms with E-state index in [1.807, 2.05) is 0 Å². The minimum atomic E-state index is 0. The van der Waals surface area contributed by atoms with E-state index < -0.39 is 0 Å². The molecule has 0 atom stereocenters. The van der Waals surface area contributed by atoms with Gasteiger partial charge >= 0.3 is 55.9 Å². The standard InChI is InChI=1S/2Co.3N.Ta/q2*+2;3*-3;+5. The van der Waals surface area contributed by atoms with E-state index in [9.17, 15) is 0 Å². The summed E-state index contributed by atoms with van der Waals surface area (Å²) >= 11 is 0. The normalized spacial score (nSPS) is 0. The van der Waals surface area contributed by atoms with Crippen molar-refractivity contribution < 1.29 is 55.9 Å². The summed E-state index contributed by atoms with van der Waals surface area (Å²) in [4.78, 5) is 0. The Balaban J connectivity index is 0. The molecule has 0 aromatic heterocycles. The van der Waals surface area contributed by atoms with E-state index in [2.05, 4.69) is 0 Å². The van der Waals surface area contributed by atoms with Gasteiger partial charge in [0, 0.05) is 0 Å². The van der Waals surface area contributed by atoms with Crippen molar-refractivity contribution in [2.24, 2.45) is 0 Å². The molecular weight excluding hydrogens is 341 g/mol. The molecule has 2 radical (unpaired) electrons. The molecule has 0 amide bonds. The topological polar surface area (TPSA) is 91.5 Å². The van der Waals surface area contributed by atoms with Gasteiger partial charge in [-0.15, -0.1) is 0 Å². The fraction of sp³-hybridized carbons (Fsp3) is 0. The van der Waals surface area contributed by atoms with E-state index in [4.69, 9.17) is 0 Å². The number of nitrogens with zero attached hydrogens (tertiary/aromatic N) is 3. The van der Waals surface area contributed by atoms with E-state index in [-0.39, 0.29) is 74.4 Å². The van der Waals surface area contributed by atoms with Crippen LogP contribution in [-0.2, 0) is 55.9 Å². The molecule has 0 saturated heterocycles. The van der Waals surface area contributed by atoms with Gasteiger partial charge in [-0.1, -0.05) is 0 Å². The van der Waals surface area contributed by atoms with Crippen molar-refractivity contribution in [3.63, 3.8) is 0 Å². The summed E-state index contributed by atoms with van der Waals surface area (Å²) in [5, 5.41) is 0. The molecule has 0 heterocycles. The SMILES string of the molecule is [Co+2].[Co+2].[N-3].[N-3].[N-3].[Ta+5]. The summed E-state index contributed by atoms with van der Waals surface area (Å²) in [6.45, 7) is 0. The van der Waals surface area contributed by atoms with Gasteiger partial charge in [0.05, 0.1) is 0 Å². The second kappa shape index (κ2) is 78.9. The van der Waals surface area contributed by atoms with Crippen LogP contribution in [0.15, 0.2) is 0 Å². The Labute approximate surface area is 74.0 Å². The van der Waals surface area contributed by atoms with E-state index in [1.165, 1.54) is 0 Å². The van der Waals surface area contributed by atoms with Crippen LogP contribution in [0.3, 0.4) is 0 Å². The second-order valence-corrected chi connectivity index (χ2v) is 0. The maximum absolute atomic E-state index is 0. The van der Waals surface area contributed by atoms with Crippen LogP contribution >= 0.6 is 0 Å². The van der Waals surface area contributed by atoms with Crippen LogP contribution in [0.1, 0.15) is 0 Å². The molecule has 0 spiro atoms. The maximum atomic E-state index is 0. The van der Waals surface area contributed by atoms with Gasteiger partial charge in [-0.2, -0.15) is 0 Å². The Morgan fingerprint density at radius 1 is 0.500 bits per heavy atom. The fourth-order valence-corrected chi connectivity index (χ4v) is 0. The van der Waals surface area contributed by atoms with Gasteiger partial charge in [-0.05, 0) is 0 Å². The second-order valence-electron chi connectivity index (χ2n) is 0. The van der Waals surface area contributed by atoms with Crippen molar-refractivity contribution in [1.29, 1.82) is 0 Å². The van der Waals surface area contributed by atoms with Gasteiger partial charge in [0.15, 0.2) is 0 Å². The molecule has 6 heteroatoms. The van der Waals surface area contributed by atoms with E-state index >= 15 is 0 Å². The molecule has 6 heavy (non-hydrogen) atoms. The number of hydrogen-bond acceptors (Lipinski definition) is 0. The zero-order chi connectivity index (χ0) is 0. The molecule has 0 bridgehead atoms. The van der Waals surface area contributed by atoms with Crippen molar-refractivity contribution in [3.05, 3.63) is 18.5 Å². The molecular formula is Co2N3Ta. The van der Waals surface area contributed by atoms with Gasteiger partial charge in [0.25, 0.3) is 0 Å². The first-order valence-corrected chi connectivity index (χ1v) is 0. The number of rotatable bonds is 0. The van der Waals surface area contributed by atoms with Crippen molar-refractivity contribution in [1.82, 2.24) is 0 Å². The molecule has 0 aliphatic rings. The molecule has 0 unspecified atom stereocenters. The van der Waals surface area contributed by atoms with Crippen LogP contribution < -0.4 is 0 Å². The smallest absolute Gasteiger partial charge is 3.00 e. The molecule has 0 aliphatic heterocycles. The Morgan fingerprint density at radius 3 is 0.500 bits per heavy atom. The first-order chi connectivity index (χ1) is 0. The van der Waals surface area contributed by atoms with Gasteiger partial charge < -0.3 is 18.5 Å². The third kappa shape index (κ3) is 45.3. The van der Waals surface area contributed by atoms with Crippen LogP contribution in [0.2, 0.25) is 0 Å². The summed E-state index contributed by atoms with van der Waals surface area (Å²) < 4.78 is 0. The van der Waals surface area contributed by atoms with Crippen LogP contribution in [0.5, 0.6) is 0 Å². The Bertz CT molecular complexity index is 8.75. The summed E-state index contributed by atoms with van der Waals surface area (Å²) in [7, 11) is 0. The van der Waals surface area contributed by atoms with Crippen LogP contribution in [0.4, 0.5) is 0 Å². The van der Waals surface area contributed by atoms with E-state index in [0.29, 0.717) is 0 Å². The van der Waals surface area contributed by atoms with Crippen molar-refractivity contribution in [2.45, 2.75) is 0 Å². The predicted octanol–water partition coefficient (Wildman–Crippen LogP) is 0.859. The van der Waals surface area contributed by atoms with Gasteiger partial charge in [0.1, 0.15) is 0 Å². The van der Waals surface area contributed by atoms with E-state index in [0.717, 1.165) is 0 Å². The van der Waals surface area contributed by atoms with Crippen LogP contribution in [-0.4, -0.2) is 0 Å². The molecule has 0 fully saturated rings. The maximum Gasteiger partial charge on any atom is 5.00 e. The Kier molecular flexibility index (Phi) is 1660. The summed E-state index contributed by atoms with van der Waals surface area (Å²) in [6, 6.07) is 0. The van der Waals surface area contributed by atoms with E-state index in [1.54, 1.807) is 0 Å². The molecule has 0 aromatic rings. The van der Waals surface area contributed by atoms with Crippen molar-refractivity contribution in [2.75, 3.05) is 0 Å². The minimum absolute atomic E-state index is 0. The first-order valence-electron chi connectivity index (χ1n) is 0. The van der Waals surface area contributed by atoms with Gasteiger partial charge in [0.2, 0.25) is 0 Å². The molecule has 0 rings (SSSR count). The van der Waals surface area contributed by atoms with Gasteiger partial charge in [-0.3, -0.25) is 0 Å². The molecule has 0 aliphatic carbocycles. The van der Waals surface area contributed by atoms with Crippen LogP contribution in [0.25, 0.3) is 18.5 Å². The molecule has 38 valence electrons. The third-order valence-corrected chi connectivity index (χ3v) is 0. The van der Waals surface area contributed by atoms with Gasteiger partial charge in [-0.25, -0.2) is 0 Å². The average molecular weight is 341 g/mol. The molecule has 0 aromatic carbocycles. The Morgan fingerprint density at radius 2 is 0.500 bits per heavy atom. The first kappa shape index (κ1) is 126. The minimum Gasteiger partial charge on any atom is -3.00 e. The summed E-state index contributed by atoms with van der Waals surface area (Å²) in [5.74, 6) is 0. The average Bonchev–Trinajstić information content (AvgIpc) is 0. The van der Waals surface area contributed by atoms with Crippen molar-refractivity contribution >= 4 is 0 Å². The largest absolute Gasteiger partial charge is 5.00 e. The predicted molar refractivity (Wildman–Crippen MR) is 10.1 cm³/mol. The summed E-state index contributed by atoms with van der Waals surface area (Å²) in [6.07, 6.45) is 0. The van der Waals surface area contributed by atoms with Crippen LogP contribution in [0, 0.1) is 0 Å². The summed E-state index contributed by atoms with van der Waals surface area (Å²) in [5.41, 5.74) is 0. The molecule has 0 saturated carbocycles. The quantitative estimate of drug-likeness (QED) is 0.625. The fourth-order valence-electron chi connectivity index (χ4n) is 0. The molecule has 3 nitrogen and oxygen atoms in total. The monoisotopic (exact) mass is 341 g/mol.